The number of rotatable bonds is 7. The van der Waals surface area contributed by atoms with Gasteiger partial charge in [-0.25, -0.2) is 4.39 Å². The first-order valence-electron chi connectivity index (χ1n) is 6.15. The molecule has 2 nitrogen and oxygen atoms in total. The highest BCUT2D eigenvalue weighted by molar-refractivity contribution is 5.31. The molecule has 0 amide bonds. The van der Waals surface area contributed by atoms with Gasteiger partial charge in [-0.05, 0) is 31.2 Å². The fourth-order valence-electron chi connectivity index (χ4n) is 1.48. The van der Waals surface area contributed by atoms with Crippen molar-refractivity contribution in [2.75, 3.05) is 19.7 Å². The van der Waals surface area contributed by atoms with E-state index in [2.05, 4.69) is 12.2 Å². The van der Waals surface area contributed by atoms with Gasteiger partial charge in [0.25, 0.3) is 0 Å². The number of unbranched alkanes of at least 4 members (excludes halogenated alkanes) is 1. The Morgan fingerprint density at radius 3 is 2.58 bits per heavy atom. The normalized spacial score (nSPS) is 11.6. The lowest BCUT2D eigenvalue weighted by atomic mass is 10.2. The number of alkyl halides is 3. The minimum atomic E-state index is -4.71. The molecular formula is C13H17F4NO. The highest BCUT2D eigenvalue weighted by atomic mass is 19.4. The molecule has 0 bridgehead atoms. The van der Waals surface area contributed by atoms with E-state index in [-0.39, 0.29) is 12.4 Å². The molecule has 1 rings (SSSR count). The van der Waals surface area contributed by atoms with Gasteiger partial charge in [0.15, 0.2) is 0 Å². The second kappa shape index (κ2) is 7.33. The summed E-state index contributed by atoms with van der Waals surface area (Å²) in [6, 6.07) is 2.64. The molecule has 0 aromatic heterocycles. The van der Waals surface area contributed by atoms with E-state index in [0.717, 1.165) is 25.5 Å². The van der Waals surface area contributed by atoms with E-state index in [1.54, 1.807) is 0 Å². The number of hydrogen-bond donors (Lipinski definition) is 1. The molecule has 1 aromatic carbocycles. The van der Waals surface area contributed by atoms with Crippen LogP contribution in [0.1, 0.15) is 25.3 Å². The number of ether oxygens (including phenoxy) is 1. The Kier molecular flexibility index (Phi) is 6.08. The van der Waals surface area contributed by atoms with Crippen LogP contribution in [-0.4, -0.2) is 19.7 Å². The van der Waals surface area contributed by atoms with Crippen LogP contribution in [0.4, 0.5) is 17.6 Å². The van der Waals surface area contributed by atoms with Crippen molar-refractivity contribution < 1.29 is 22.3 Å². The summed E-state index contributed by atoms with van der Waals surface area (Å²) < 4.78 is 55.5. The molecule has 0 fully saturated rings. The first-order chi connectivity index (χ1) is 8.95. The van der Waals surface area contributed by atoms with E-state index >= 15 is 0 Å². The molecule has 6 heteroatoms. The summed E-state index contributed by atoms with van der Waals surface area (Å²) in [5.41, 5.74) is -1.30. The Hall–Kier alpha value is -1.30. The van der Waals surface area contributed by atoms with E-state index in [1.165, 1.54) is 6.07 Å². The van der Waals surface area contributed by atoms with E-state index < -0.39 is 17.6 Å². The van der Waals surface area contributed by atoms with E-state index in [1.807, 2.05) is 0 Å². The van der Waals surface area contributed by atoms with Crippen molar-refractivity contribution in [2.45, 2.75) is 25.9 Å². The number of benzene rings is 1. The van der Waals surface area contributed by atoms with E-state index in [0.29, 0.717) is 12.6 Å². The fraction of sp³-hybridized carbons (Fsp3) is 0.538. The van der Waals surface area contributed by atoms with Crippen molar-refractivity contribution in [3.8, 4) is 5.75 Å². The zero-order valence-corrected chi connectivity index (χ0v) is 10.7. The van der Waals surface area contributed by atoms with Gasteiger partial charge in [0, 0.05) is 6.54 Å². The van der Waals surface area contributed by atoms with Crippen LogP contribution < -0.4 is 10.1 Å². The highest BCUT2D eigenvalue weighted by Gasteiger charge is 2.34. The van der Waals surface area contributed by atoms with Crippen LogP contribution in [-0.2, 0) is 6.18 Å². The molecule has 0 radical (unpaired) electrons. The lowest BCUT2D eigenvalue weighted by Crippen LogP contribution is -2.22. The van der Waals surface area contributed by atoms with Crippen molar-refractivity contribution in [3.05, 3.63) is 29.6 Å². The molecule has 0 unspecified atom stereocenters. The Labute approximate surface area is 109 Å². The summed E-state index contributed by atoms with van der Waals surface area (Å²) in [5, 5.41) is 3.09. The largest absolute Gasteiger partial charge is 0.492 e. The van der Waals surface area contributed by atoms with Gasteiger partial charge in [0.1, 0.15) is 18.2 Å². The van der Waals surface area contributed by atoms with Crippen molar-refractivity contribution in [1.82, 2.24) is 5.32 Å². The highest BCUT2D eigenvalue weighted by Crippen LogP contribution is 2.33. The van der Waals surface area contributed by atoms with Crippen LogP contribution in [0.15, 0.2) is 18.2 Å². The molecule has 1 N–H and O–H groups in total. The van der Waals surface area contributed by atoms with Crippen LogP contribution in [0.25, 0.3) is 0 Å². The smallest absolute Gasteiger partial charge is 0.419 e. The third-order valence-corrected chi connectivity index (χ3v) is 2.50. The van der Waals surface area contributed by atoms with Gasteiger partial charge < -0.3 is 10.1 Å². The Balaban J connectivity index is 2.47. The zero-order chi connectivity index (χ0) is 14.3. The zero-order valence-electron chi connectivity index (χ0n) is 10.7. The summed E-state index contributed by atoms with van der Waals surface area (Å²) in [7, 11) is 0. The molecule has 19 heavy (non-hydrogen) atoms. The maximum absolute atomic E-state index is 13.0. The molecule has 0 aliphatic carbocycles. The summed E-state index contributed by atoms with van der Waals surface area (Å²) in [6.07, 6.45) is -2.60. The Morgan fingerprint density at radius 2 is 1.95 bits per heavy atom. The van der Waals surface area contributed by atoms with Crippen molar-refractivity contribution in [2.24, 2.45) is 0 Å². The second-order valence-electron chi connectivity index (χ2n) is 4.09. The molecule has 0 aliphatic rings. The van der Waals surface area contributed by atoms with Gasteiger partial charge in [0.2, 0.25) is 0 Å². The van der Waals surface area contributed by atoms with Crippen molar-refractivity contribution in [1.29, 1.82) is 0 Å². The van der Waals surface area contributed by atoms with Crippen LogP contribution in [0.2, 0.25) is 0 Å². The van der Waals surface area contributed by atoms with Crippen molar-refractivity contribution in [3.63, 3.8) is 0 Å². The summed E-state index contributed by atoms with van der Waals surface area (Å²) in [6.45, 7) is 3.69. The maximum Gasteiger partial charge on any atom is 0.419 e. The molecule has 108 valence electrons. The number of halogens is 4. The van der Waals surface area contributed by atoms with Gasteiger partial charge in [-0.1, -0.05) is 13.3 Å². The monoisotopic (exact) mass is 279 g/mol. The molecule has 0 saturated heterocycles. The van der Waals surface area contributed by atoms with Gasteiger partial charge >= 0.3 is 6.18 Å². The van der Waals surface area contributed by atoms with Gasteiger partial charge in [-0.2, -0.15) is 13.2 Å². The lowest BCUT2D eigenvalue weighted by Gasteiger charge is -2.11. The minimum Gasteiger partial charge on any atom is -0.492 e. The molecule has 0 heterocycles. The summed E-state index contributed by atoms with van der Waals surface area (Å²) in [5.74, 6) is -1.27. The summed E-state index contributed by atoms with van der Waals surface area (Å²) in [4.78, 5) is 0. The average Bonchev–Trinajstić information content (AvgIpc) is 2.34. The fourth-order valence-corrected chi connectivity index (χ4v) is 1.48. The van der Waals surface area contributed by atoms with Crippen LogP contribution in [0.3, 0.4) is 0 Å². The first-order valence-corrected chi connectivity index (χ1v) is 6.15. The molecule has 0 spiro atoms. The standard InChI is InChI=1S/C13H17F4NO/c1-2-3-6-18-7-8-19-10-4-5-12(14)11(9-10)13(15,16)17/h4-5,9,18H,2-3,6-8H2,1H3. The first kappa shape index (κ1) is 15.8. The molecule has 0 aliphatic heterocycles. The Morgan fingerprint density at radius 1 is 1.21 bits per heavy atom. The average molecular weight is 279 g/mol. The molecule has 0 saturated carbocycles. The second-order valence-corrected chi connectivity index (χ2v) is 4.09. The molecule has 1 aromatic rings. The van der Waals surface area contributed by atoms with Crippen LogP contribution >= 0.6 is 0 Å². The number of nitrogens with one attached hydrogen (secondary N) is 1. The quantitative estimate of drug-likeness (QED) is 0.608. The Bertz CT molecular complexity index is 393. The van der Waals surface area contributed by atoms with Crippen LogP contribution in [0, 0.1) is 5.82 Å². The van der Waals surface area contributed by atoms with Gasteiger partial charge in [-0.3, -0.25) is 0 Å². The molecular weight excluding hydrogens is 262 g/mol. The maximum atomic E-state index is 13.0. The van der Waals surface area contributed by atoms with Gasteiger partial charge in [-0.15, -0.1) is 0 Å². The minimum absolute atomic E-state index is 0.0195. The third-order valence-electron chi connectivity index (χ3n) is 2.50. The third kappa shape index (κ3) is 5.46. The van der Waals surface area contributed by atoms with E-state index in [4.69, 9.17) is 4.74 Å². The van der Waals surface area contributed by atoms with Crippen molar-refractivity contribution >= 4 is 0 Å². The molecule has 0 atom stereocenters. The predicted molar refractivity (Wildman–Crippen MR) is 64.7 cm³/mol. The van der Waals surface area contributed by atoms with Gasteiger partial charge in [0.05, 0.1) is 5.56 Å². The predicted octanol–water partition coefficient (Wildman–Crippen LogP) is 3.61. The summed E-state index contributed by atoms with van der Waals surface area (Å²) >= 11 is 0. The topological polar surface area (TPSA) is 21.3 Å². The number of hydrogen-bond acceptors (Lipinski definition) is 2. The lowest BCUT2D eigenvalue weighted by molar-refractivity contribution is -0.140. The SMILES string of the molecule is CCCCNCCOc1ccc(F)c(C(F)(F)F)c1. The van der Waals surface area contributed by atoms with E-state index in [9.17, 15) is 17.6 Å². The van der Waals surface area contributed by atoms with Crippen LogP contribution in [0.5, 0.6) is 5.75 Å².